The Morgan fingerprint density at radius 2 is 1.86 bits per heavy atom. The number of fused-ring (bicyclic) bond motifs is 2. The number of aromatic nitrogens is 3. The summed E-state index contributed by atoms with van der Waals surface area (Å²) in [6, 6.07) is 6.07. The van der Waals surface area contributed by atoms with E-state index in [1.807, 2.05) is 42.1 Å². The number of pyridine rings is 1. The van der Waals surface area contributed by atoms with Gasteiger partial charge < -0.3 is 4.42 Å². The molecule has 6 nitrogen and oxygen atoms in total. The first-order chi connectivity index (χ1) is 16.9. The van der Waals surface area contributed by atoms with E-state index in [1.165, 1.54) is 23.3 Å². The van der Waals surface area contributed by atoms with Gasteiger partial charge in [-0.3, -0.25) is 15.5 Å². The number of hydrogen-bond donors (Lipinski definition) is 2. The van der Waals surface area contributed by atoms with Gasteiger partial charge in [-0.15, -0.1) is 11.3 Å². The van der Waals surface area contributed by atoms with Crippen LogP contribution in [-0.2, 0) is 24.3 Å². The maximum atomic E-state index is 6.26. The minimum absolute atomic E-state index is 0.189. The molecule has 1 aliphatic carbocycles. The molecule has 0 aromatic carbocycles. The average Bonchev–Trinajstić information content (AvgIpc) is 3.48. The average molecular weight is 504 g/mol. The van der Waals surface area contributed by atoms with Crippen LogP contribution in [0.1, 0.15) is 84.2 Å². The second-order valence-corrected chi connectivity index (χ2v) is 12.7. The van der Waals surface area contributed by atoms with Gasteiger partial charge in [-0.2, -0.15) is 5.10 Å². The zero-order valence-corrected chi connectivity index (χ0v) is 23.5. The molecule has 0 unspecified atom stereocenters. The van der Waals surface area contributed by atoms with E-state index in [-0.39, 0.29) is 10.8 Å². The highest BCUT2D eigenvalue weighted by Gasteiger charge is 2.41. The van der Waals surface area contributed by atoms with Crippen LogP contribution in [0.4, 0.5) is 5.82 Å². The summed E-state index contributed by atoms with van der Waals surface area (Å²) in [7, 11) is 1.91. The number of anilines is 1. The Morgan fingerprint density at radius 1 is 1.14 bits per heavy atom. The van der Waals surface area contributed by atoms with E-state index in [4.69, 9.17) is 9.40 Å². The summed E-state index contributed by atoms with van der Waals surface area (Å²) >= 11 is 1.97. The Balaban J connectivity index is 1.33. The smallest absolute Gasteiger partial charge is 0.160 e. The van der Waals surface area contributed by atoms with Gasteiger partial charge in [-0.25, -0.2) is 4.98 Å². The number of nitrogens with one attached hydrogen (secondary N) is 2. The SMILES string of the molecule is C=C(NNc1cc(C)c2c(C)nn(C)c2n1)c1ccc(Cc2c(C)sc3c2C(C)(C)CCC3(C)C)o1. The summed E-state index contributed by atoms with van der Waals surface area (Å²) in [5, 5.41) is 5.58. The first-order valence-electron chi connectivity index (χ1n) is 12.6. The van der Waals surface area contributed by atoms with E-state index in [2.05, 4.69) is 70.1 Å². The van der Waals surface area contributed by atoms with Gasteiger partial charge >= 0.3 is 0 Å². The lowest BCUT2D eigenvalue weighted by molar-refractivity contribution is 0.336. The van der Waals surface area contributed by atoms with Gasteiger partial charge in [0.05, 0.1) is 11.4 Å². The molecule has 0 saturated heterocycles. The lowest BCUT2D eigenvalue weighted by Gasteiger charge is -2.40. The van der Waals surface area contributed by atoms with Crippen LogP contribution < -0.4 is 10.9 Å². The van der Waals surface area contributed by atoms with Crippen molar-refractivity contribution in [2.24, 2.45) is 7.05 Å². The topological polar surface area (TPSA) is 67.9 Å². The number of aryl methyl sites for hydroxylation is 4. The van der Waals surface area contributed by atoms with Crippen LogP contribution in [0.3, 0.4) is 0 Å². The minimum atomic E-state index is 0.189. The van der Waals surface area contributed by atoms with Gasteiger partial charge in [0.1, 0.15) is 11.6 Å². The molecule has 7 heteroatoms. The van der Waals surface area contributed by atoms with Crippen LogP contribution in [-0.4, -0.2) is 14.8 Å². The summed E-state index contributed by atoms with van der Waals surface area (Å²) in [5.74, 6) is 2.38. The normalized spacial score (nSPS) is 16.2. The summed E-state index contributed by atoms with van der Waals surface area (Å²) in [5.41, 5.74) is 13.4. The molecular weight excluding hydrogens is 466 g/mol. The molecule has 5 rings (SSSR count). The first kappa shape index (κ1) is 24.6. The molecule has 4 aromatic heterocycles. The van der Waals surface area contributed by atoms with Crippen LogP contribution in [0.15, 0.2) is 29.2 Å². The Hall–Kier alpha value is -3.06. The van der Waals surface area contributed by atoms with Crippen LogP contribution in [0.2, 0.25) is 0 Å². The Kier molecular flexibility index (Phi) is 5.82. The molecule has 0 atom stereocenters. The zero-order chi connectivity index (χ0) is 26.0. The third-order valence-electron chi connectivity index (χ3n) is 7.69. The fourth-order valence-corrected chi connectivity index (χ4v) is 7.07. The summed E-state index contributed by atoms with van der Waals surface area (Å²) in [4.78, 5) is 7.67. The highest BCUT2D eigenvalue weighted by atomic mass is 32.1. The molecule has 0 radical (unpaired) electrons. The van der Waals surface area contributed by atoms with Crippen LogP contribution in [0.25, 0.3) is 16.7 Å². The van der Waals surface area contributed by atoms with Crippen molar-refractivity contribution in [3.8, 4) is 0 Å². The Bertz CT molecular complexity index is 1480. The second-order valence-electron chi connectivity index (χ2n) is 11.5. The van der Waals surface area contributed by atoms with E-state index in [1.54, 1.807) is 10.4 Å². The highest BCUT2D eigenvalue weighted by Crippen LogP contribution is 2.51. The van der Waals surface area contributed by atoms with E-state index in [0.717, 1.165) is 34.5 Å². The van der Waals surface area contributed by atoms with Gasteiger partial charge in [-0.05, 0) is 79.3 Å². The van der Waals surface area contributed by atoms with Crippen molar-refractivity contribution in [3.63, 3.8) is 0 Å². The molecule has 0 aliphatic heterocycles. The van der Waals surface area contributed by atoms with Crippen molar-refractivity contribution in [1.82, 2.24) is 20.2 Å². The molecule has 0 amide bonds. The third kappa shape index (κ3) is 4.13. The molecule has 0 fully saturated rings. The van der Waals surface area contributed by atoms with Crippen LogP contribution in [0.5, 0.6) is 0 Å². The van der Waals surface area contributed by atoms with E-state index in [0.29, 0.717) is 17.3 Å². The van der Waals surface area contributed by atoms with E-state index in [9.17, 15) is 0 Å². The largest absolute Gasteiger partial charge is 0.459 e. The molecular formula is C29H37N5OS. The number of hydrazine groups is 1. The molecule has 0 bridgehead atoms. The third-order valence-corrected chi connectivity index (χ3v) is 9.21. The van der Waals surface area contributed by atoms with Crippen LogP contribution in [0, 0.1) is 20.8 Å². The lowest BCUT2D eigenvalue weighted by atomic mass is 9.65. The molecule has 1 aliphatic rings. The monoisotopic (exact) mass is 503 g/mol. The first-order valence-corrected chi connectivity index (χ1v) is 13.4. The molecule has 0 spiro atoms. The quantitative estimate of drug-likeness (QED) is 0.275. The predicted octanol–water partition coefficient (Wildman–Crippen LogP) is 7.08. The van der Waals surface area contributed by atoms with Gasteiger partial charge in [-0.1, -0.05) is 34.3 Å². The van der Waals surface area contributed by atoms with Crippen molar-refractivity contribution in [1.29, 1.82) is 0 Å². The zero-order valence-electron chi connectivity index (χ0n) is 22.7. The highest BCUT2D eigenvalue weighted by molar-refractivity contribution is 7.12. The van der Waals surface area contributed by atoms with Crippen molar-refractivity contribution in [2.75, 3.05) is 5.43 Å². The van der Waals surface area contributed by atoms with Crippen LogP contribution >= 0.6 is 11.3 Å². The predicted molar refractivity (Wildman–Crippen MR) is 150 cm³/mol. The van der Waals surface area contributed by atoms with Crippen molar-refractivity contribution in [3.05, 3.63) is 68.4 Å². The second kappa shape index (κ2) is 8.51. The van der Waals surface area contributed by atoms with Crippen molar-refractivity contribution >= 4 is 33.9 Å². The van der Waals surface area contributed by atoms with Gasteiger partial charge in [0, 0.05) is 28.6 Å². The van der Waals surface area contributed by atoms with Crippen molar-refractivity contribution in [2.45, 2.75) is 78.6 Å². The minimum Gasteiger partial charge on any atom is -0.459 e. The maximum absolute atomic E-state index is 6.26. The van der Waals surface area contributed by atoms with E-state index >= 15 is 0 Å². The molecule has 4 heterocycles. The van der Waals surface area contributed by atoms with Gasteiger partial charge in [0.25, 0.3) is 0 Å². The summed E-state index contributed by atoms with van der Waals surface area (Å²) in [6.45, 7) is 20.1. The van der Waals surface area contributed by atoms with E-state index < -0.39 is 0 Å². The Morgan fingerprint density at radius 3 is 2.61 bits per heavy atom. The fourth-order valence-electron chi connectivity index (χ4n) is 5.58. The molecule has 4 aromatic rings. The number of nitrogens with zero attached hydrogens (tertiary/aromatic N) is 3. The Labute approximate surface area is 217 Å². The van der Waals surface area contributed by atoms with Gasteiger partial charge in [0.2, 0.25) is 0 Å². The standard InChI is InChI=1S/C29H37N5OS/c1-16-14-23(30-27-24(16)18(3)33-34(27)9)32-31-17(2)22-11-10-20(35-22)15-21-19(4)36-26-25(21)28(5,6)12-13-29(26,7)8/h10-11,14,31H,2,12-13,15H2,1,3-9H3,(H,30,32). The molecule has 190 valence electrons. The summed E-state index contributed by atoms with van der Waals surface area (Å²) in [6.07, 6.45) is 3.25. The van der Waals surface area contributed by atoms with Gasteiger partial charge in [0.15, 0.2) is 11.4 Å². The lowest BCUT2D eigenvalue weighted by Crippen LogP contribution is -2.33. The number of rotatable bonds is 6. The number of thiophene rings is 1. The fraction of sp³-hybridized carbons (Fsp3) is 0.448. The number of furan rings is 1. The summed E-state index contributed by atoms with van der Waals surface area (Å²) < 4.78 is 8.07. The molecule has 2 N–H and O–H groups in total. The molecule has 0 saturated carbocycles. The number of hydrogen-bond acceptors (Lipinski definition) is 6. The maximum Gasteiger partial charge on any atom is 0.160 e. The van der Waals surface area contributed by atoms with Crippen molar-refractivity contribution < 1.29 is 4.42 Å². The molecule has 36 heavy (non-hydrogen) atoms.